The smallest absolute Gasteiger partial charge is 0.341 e. The van der Waals surface area contributed by atoms with Gasteiger partial charge < -0.3 is 10.1 Å². The number of para-hydroxylation sites is 1. The lowest BCUT2D eigenvalue weighted by Crippen LogP contribution is -2.20. The van der Waals surface area contributed by atoms with E-state index in [1.165, 1.54) is 29.7 Å². The predicted molar refractivity (Wildman–Crippen MR) is 96.0 cm³/mol. The number of methoxy groups -OCH3 is 1. The Hall–Kier alpha value is -2.34. The van der Waals surface area contributed by atoms with Crippen LogP contribution in [-0.4, -0.2) is 19.1 Å². The number of ether oxygens (including phenoxy) is 1. The van der Waals surface area contributed by atoms with Gasteiger partial charge >= 0.3 is 12.0 Å². The number of rotatable bonds is 3. The van der Waals surface area contributed by atoms with Crippen molar-refractivity contribution in [2.75, 3.05) is 17.7 Å². The first-order chi connectivity index (χ1) is 11.7. The molecule has 24 heavy (non-hydrogen) atoms. The van der Waals surface area contributed by atoms with Gasteiger partial charge in [-0.15, -0.1) is 11.3 Å². The molecule has 1 heterocycles. The summed E-state index contributed by atoms with van der Waals surface area (Å²) in [4.78, 5) is 25.7. The van der Waals surface area contributed by atoms with Crippen LogP contribution in [0.5, 0.6) is 0 Å². The van der Waals surface area contributed by atoms with Crippen molar-refractivity contribution in [3.63, 3.8) is 0 Å². The van der Waals surface area contributed by atoms with Crippen molar-refractivity contribution >= 4 is 34.0 Å². The summed E-state index contributed by atoms with van der Waals surface area (Å²) in [6.07, 6.45) is 5.15. The van der Waals surface area contributed by atoms with Crippen molar-refractivity contribution in [3.8, 4) is 0 Å². The van der Waals surface area contributed by atoms with Gasteiger partial charge in [0, 0.05) is 10.6 Å². The van der Waals surface area contributed by atoms with Crippen LogP contribution >= 0.6 is 11.3 Å². The third kappa shape index (κ3) is 3.59. The first-order valence-electron chi connectivity index (χ1n) is 8.05. The number of aryl methyl sites for hydroxylation is 1. The van der Waals surface area contributed by atoms with Crippen LogP contribution in [0.4, 0.5) is 15.5 Å². The van der Waals surface area contributed by atoms with Crippen LogP contribution in [0.1, 0.15) is 40.1 Å². The van der Waals surface area contributed by atoms with E-state index in [1.807, 2.05) is 30.3 Å². The maximum Gasteiger partial charge on any atom is 0.341 e. The van der Waals surface area contributed by atoms with Crippen LogP contribution in [0.25, 0.3) is 0 Å². The fraction of sp³-hybridized carbons (Fsp3) is 0.333. The van der Waals surface area contributed by atoms with Gasteiger partial charge in [-0.05, 0) is 43.4 Å². The number of anilines is 2. The van der Waals surface area contributed by atoms with Crippen LogP contribution in [-0.2, 0) is 17.6 Å². The van der Waals surface area contributed by atoms with Gasteiger partial charge in [-0.3, -0.25) is 5.32 Å². The average molecular weight is 344 g/mol. The lowest BCUT2D eigenvalue weighted by molar-refractivity contribution is 0.0601. The van der Waals surface area contributed by atoms with Crippen molar-refractivity contribution in [2.24, 2.45) is 0 Å². The SMILES string of the molecule is COC(=O)c1c(NC(=O)Nc2ccccc2)sc2c1CCCCC2. The molecular formula is C18H20N2O3S. The number of nitrogens with one attached hydrogen (secondary N) is 2. The maximum absolute atomic E-state index is 12.3. The van der Waals surface area contributed by atoms with Gasteiger partial charge in [-0.25, -0.2) is 9.59 Å². The van der Waals surface area contributed by atoms with Gasteiger partial charge in [0.05, 0.1) is 12.7 Å². The molecule has 126 valence electrons. The maximum atomic E-state index is 12.3. The van der Waals surface area contributed by atoms with E-state index >= 15 is 0 Å². The van der Waals surface area contributed by atoms with Crippen molar-refractivity contribution in [1.82, 2.24) is 0 Å². The Kier molecular flexibility index (Phi) is 5.15. The van der Waals surface area contributed by atoms with Crippen molar-refractivity contribution < 1.29 is 14.3 Å². The minimum atomic E-state index is -0.385. The number of fused-ring (bicyclic) bond motifs is 1. The molecule has 6 heteroatoms. The molecule has 1 aromatic heterocycles. The molecule has 1 aliphatic carbocycles. The Balaban J connectivity index is 1.84. The van der Waals surface area contributed by atoms with Crippen molar-refractivity contribution in [1.29, 1.82) is 0 Å². The number of urea groups is 1. The molecule has 0 unspecified atom stereocenters. The van der Waals surface area contributed by atoms with E-state index in [-0.39, 0.29) is 12.0 Å². The van der Waals surface area contributed by atoms with Crippen LogP contribution in [0.2, 0.25) is 0 Å². The Morgan fingerprint density at radius 3 is 2.54 bits per heavy atom. The van der Waals surface area contributed by atoms with Gasteiger partial charge in [0.25, 0.3) is 0 Å². The Labute approximate surface area is 145 Å². The number of esters is 1. The summed E-state index contributed by atoms with van der Waals surface area (Å²) in [5.74, 6) is -0.385. The summed E-state index contributed by atoms with van der Waals surface area (Å²) < 4.78 is 4.94. The van der Waals surface area contributed by atoms with Crippen molar-refractivity contribution in [2.45, 2.75) is 32.1 Å². The summed E-state index contributed by atoms with van der Waals surface area (Å²) in [5.41, 5.74) is 2.26. The molecule has 2 amide bonds. The topological polar surface area (TPSA) is 67.4 Å². The van der Waals surface area contributed by atoms with Crippen LogP contribution < -0.4 is 10.6 Å². The van der Waals surface area contributed by atoms with Gasteiger partial charge in [-0.2, -0.15) is 0 Å². The van der Waals surface area contributed by atoms with E-state index in [1.54, 1.807) is 0 Å². The number of thiophene rings is 1. The molecule has 1 aromatic carbocycles. The first kappa shape index (κ1) is 16.5. The summed E-state index contributed by atoms with van der Waals surface area (Å²) in [6, 6.07) is 8.85. The molecule has 0 spiro atoms. The number of benzene rings is 1. The summed E-state index contributed by atoms with van der Waals surface area (Å²) in [7, 11) is 1.37. The number of hydrogen-bond donors (Lipinski definition) is 2. The molecular weight excluding hydrogens is 324 g/mol. The van der Waals surface area contributed by atoms with Gasteiger partial charge in [0.1, 0.15) is 5.00 Å². The van der Waals surface area contributed by atoms with E-state index < -0.39 is 0 Å². The van der Waals surface area contributed by atoms with Gasteiger partial charge in [0.15, 0.2) is 0 Å². The van der Waals surface area contributed by atoms with E-state index in [9.17, 15) is 9.59 Å². The second-order valence-corrected chi connectivity index (χ2v) is 6.81. The summed E-state index contributed by atoms with van der Waals surface area (Å²) in [6.45, 7) is 0. The quantitative estimate of drug-likeness (QED) is 0.638. The zero-order chi connectivity index (χ0) is 16.9. The third-order valence-electron chi connectivity index (χ3n) is 4.07. The number of hydrogen-bond acceptors (Lipinski definition) is 4. The van der Waals surface area contributed by atoms with E-state index in [2.05, 4.69) is 10.6 Å². The lowest BCUT2D eigenvalue weighted by atomic mass is 10.1. The van der Waals surface area contributed by atoms with Crippen LogP contribution in [0.3, 0.4) is 0 Å². The van der Waals surface area contributed by atoms with E-state index in [4.69, 9.17) is 4.74 Å². The zero-order valence-electron chi connectivity index (χ0n) is 13.6. The molecule has 0 fully saturated rings. The molecule has 2 aromatic rings. The fourth-order valence-electron chi connectivity index (χ4n) is 2.94. The lowest BCUT2D eigenvalue weighted by Gasteiger charge is -2.08. The summed E-state index contributed by atoms with van der Waals surface area (Å²) >= 11 is 1.49. The second-order valence-electron chi connectivity index (χ2n) is 5.71. The molecule has 0 aliphatic heterocycles. The first-order valence-corrected chi connectivity index (χ1v) is 8.86. The monoisotopic (exact) mass is 344 g/mol. The highest BCUT2D eigenvalue weighted by Gasteiger charge is 2.26. The molecule has 0 radical (unpaired) electrons. The molecule has 0 saturated carbocycles. The minimum Gasteiger partial charge on any atom is -0.465 e. The molecule has 1 aliphatic rings. The average Bonchev–Trinajstić information content (AvgIpc) is 2.76. The molecule has 0 saturated heterocycles. The van der Waals surface area contributed by atoms with Crippen LogP contribution in [0.15, 0.2) is 30.3 Å². The Morgan fingerprint density at radius 1 is 1.04 bits per heavy atom. The zero-order valence-corrected chi connectivity index (χ0v) is 14.4. The van der Waals surface area contributed by atoms with E-state index in [0.717, 1.165) is 31.2 Å². The number of amides is 2. The predicted octanol–water partition coefficient (Wildman–Crippen LogP) is 4.45. The summed E-state index contributed by atoms with van der Waals surface area (Å²) in [5, 5.41) is 6.16. The second kappa shape index (κ2) is 7.49. The Morgan fingerprint density at radius 2 is 1.79 bits per heavy atom. The highest BCUT2D eigenvalue weighted by molar-refractivity contribution is 7.17. The molecule has 0 atom stereocenters. The van der Waals surface area contributed by atoms with Crippen molar-refractivity contribution in [3.05, 3.63) is 46.3 Å². The van der Waals surface area contributed by atoms with E-state index in [0.29, 0.717) is 16.3 Å². The minimum absolute atomic E-state index is 0.359. The normalized spacial score (nSPS) is 13.5. The fourth-order valence-corrected chi connectivity index (χ4v) is 4.21. The number of carbonyl (C=O) groups is 2. The van der Waals surface area contributed by atoms with Gasteiger partial charge in [-0.1, -0.05) is 24.6 Å². The molecule has 2 N–H and O–H groups in total. The Bertz CT molecular complexity index is 740. The molecule has 3 rings (SSSR count). The number of carbonyl (C=O) groups excluding carboxylic acids is 2. The largest absolute Gasteiger partial charge is 0.465 e. The van der Waals surface area contributed by atoms with Gasteiger partial charge in [0.2, 0.25) is 0 Å². The standard InChI is InChI=1S/C18H20N2O3S/c1-23-17(21)15-13-10-6-3-7-11-14(13)24-16(15)20-18(22)19-12-8-4-2-5-9-12/h2,4-5,8-9H,3,6-7,10-11H2,1H3,(H2,19,20,22). The highest BCUT2D eigenvalue weighted by Crippen LogP contribution is 2.38. The highest BCUT2D eigenvalue weighted by atomic mass is 32.1. The third-order valence-corrected chi connectivity index (χ3v) is 5.28. The van der Waals surface area contributed by atoms with Crippen LogP contribution in [0, 0.1) is 0 Å². The molecule has 5 nitrogen and oxygen atoms in total. The molecule has 0 bridgehead atoms.